The van der Waals surface area contributed by atoms with Crippen molar-refractivity contribution < 1.29 is 9.47 Å². The van der Waals surface area contributed by atoms with Crippen molar-refractivity contribution in [1.82, 2.24) is 10.2 Å². The number of aliphatic imine (C=N–C) groups is 1. The Morgan fingerprint density at radius 2 is 1.97 bits per heavy atom. The van der Waals surface area contributed by atoms with Crippen LogP contribution in [0.4, 0.5) is 0 Å². The molecule has 0 saturated carbocycles. The van der Waals surface area contributed by atoms with Crippen molar-refractivity contribution >= 4 is 5.96 Å². The van der Waals surface area contributed by atoms with E-state index < -0.39 is 0 Å². The molecule has 0 aliphatic carbocycles. The molecule has 0 unspecified atom stereocenters. The maximum absolute atomic E-state index is 6.00. The van der Waals surface area contributed by atoms with Crippen molar-refractivity contribution in [2.24, 2.45) is 10.7 Å². The molecule has 6 nitrogen and oxygen atoms in total. The SMILES string of the molecule is CCCCCCCCNC(N)=NCc1cccc(OCCN(C)C2CCOCC2)c1. The third kappa shape index (κ3) is 10.3. The molecule has 1 fully saturated rings. The lowest BCUT2D eigenvalue weighted by molar-refractivity contribution is 0.0392. The average molecular weight is 419 g/mol. The van der Waals surface area contributed by atoms with E-state index >= 15 is 0 Å². The van der Waals surface area contributed by atoms with Crippen LogP contribution in [0.1, 0.15) is 63.9 Å². The molecule has 1 aliphatic rings. The molecule has 1 aromatic rings. The van der Waals surface area contributed by atoms with Gasteiger partial charge >= 0.3 is 0 Å². The van der Waals surface area contributed by atoms with Gasteiger partial charge in [-0.05, 0) is 44.0 Å². The summed E-state index contributed by atoms with van der Waals surface area (Å²) in [5.74, 6) is 1.41. The van der Waals surface area contributed by atoms with Crippen LogP contribution >= 0.6 is 0 Å². The van der Waals surface area contributed by atoms with Crippen LogP contribution in [0.15, 0.2) is 29.3 Å². The maximum atomic E-state index is 6.00. The van der Waals surface area contributed by atoms with E-state index in [4.69, 9.17) is 15.2 Å². The summed E-state index contributed by atoms with van der Waals surface area (Å²) in [6, 6.07) is 8.74. The molecule has 1 aromatic carbocycles. The Bertz CT molecular complexity index is 603. The van der Waals surface area contributed by atoms with Crippen molar-refractivity contribution in [2.45, 2.75) is 70.9 Å². The highest BCUT2D eigenvalue weighted by Crippen LogP contribution is 2.15. The summed E-state index contributed by atoms with van der Waals surface area (Å²) in [4.78, 5) is 6.84. The molecule has 6 heteroatoms. The van der Waals surface area contributed by atoms with Crippen LogP contribution in [0.25, 0.3) is 0 Å². The number of guanidine groups is 1. The van der Waals surface area contributed by atoms with E-state index in [2.05, 4.69) is 41.3 Å². The first-order valence-corrected chi connectivity index (χ1v) is 11.7. The lowest BCUT2D eigenvalue weighted by Crippen LogP contribution is -2.38. The summed E-state index contributed by atoms with van der Waals surface area (Å²) in [5, 5.41) is 3.22. The van der Waals surface area contributed by atoms with Crippen molar-refractivity contribution in [1.29, 1.82) is 0 Å². The zero-order valence-corrected chi connectivity index (χ0v) is 19.1. The van der Waals surface area contributed by atoms with Gasteiger partial charge in [-0.15, -0.1) is 0 Å². The number of rotatable bonds is 14. The van der Waals surface area contributed by atoms with Gasteiger partial charge in [-0.3, -0.25) is 4.90 Å². The van der Waals surface area contributed by atoms with Gasteiger partial charge in [-0.2, -0.15) is 0 Å². The van der Waals surface area contributed by atoms with Crippen LogP contribution in [-0.4, -0.2) is 56.9 Å². The molecule has 30 heavy (non-hydrogen) atoms. The summed E-state index contributed by atoms with van der Waals surface area (Å²) in [5.41, 5.74) is 7.11. The summed E-state index contributed by atoms with van der Waals surface area (Å²) < 4.78 is 11.4. The number of nitrogens with one attached hydrogen (secondary N) is 1. The average Bonchev–Trinajstić information content (AvgIpc) is 2.78. The fourth-order valence-corrected chi connectivity index (χ4v) is 3.70. The van der Waals surface area contributed by atoms with Crippen molar-refractivity contribution in [3.05, 3.63) is 29.8 Å². The monoisotopic (exact) mass is 418 g/mol. The standard InChI is InChI=1S/C24H42N4O2/c1-3-4-5-6-7-8-14-26-24(25)27-20-21-10-9-11-23(19-21)30-18-15-28(2)22-12-16-29-17-13-22/h9-11,19,22H,3-8,12-18,20H2,1-2H3,(H3,25,26,27). The summed E-state index contributed by atoms with van der Waals surface area (Å²) >= 11 is 0. The van der Waals surface area contributed by atoms with Crippen molar-refractivity contribution in [3.63, 3.8) is 0 Å². The van der Waals surface area contributed by atoms with Gasteiger partial charge in [0.15, 0.2) is 5.96 Å². The first kappa shape index (κ1) is 24.5. The second kappa shape index (κ2) is 15.1. The molecule has 0 atom stereocenters. The van der Waals surface area contributed by atoms with Gasteiger partial charge in [-0.25, -0.2) is 4.99 Å². The smallest absolute Gasteiger partial charge is 0.188 e. The van der Waals surface area contributed by atoms with Gasteiger partial charge < -0.3 is 20.5 Å². The molecule has 0 amide bonds. The number of likely N-dealkylation sites (N-methyl/N-ethyl adjacent to an activating group) is 1. The van der Waals surface area contributed by atoms with Gasteiger partial charge in [0.25, 0.3) is 0 Å². The quantitative estimate of drug-likeness (QED) is 0.272. The number of benzene rings is 1. The molecule has 2 rings (SSSR count). The largest absolute Gasteiger partial charge is 0.492 e. The number of hydrogen-bond acceptors (Lipinski definition) is 4. The number of nitrogens with two attached hydrogens (primary N) is 1. The zero-order chi connectivity index (χ0) is 21.4. The Hall–Kier alpha value is -1.79. The molecule has 3 N–H and O–H groups in total. The Kier molecular flexibility index (Phi) is 12.3. The molecule has 0 bridgehead atoms. The topological polar surface area (TPSA) is 72.1 Å². The molecule has 1 heterocycles. The fraction of sp³-hybridized carbons (Fsp3) is 0.708. The van der Waals surface area contributed by atoms with Crippen LogP contribution in [0.5, 0.6) is 5.75 Å². The van der Waals surface area contributed by atoms with Crippen molar-refractivity contribution in [2.75, 3.05) is 40.0 Å². The first-order valence-electron chi connectivity index (χ1n) is 11.7. The minimum absolute atomic E-state index is 0.521. The zero-order valence-electron chi connectivity index (χ0n) is 19.1. The first-order chi connectivity index (χ1) is 14.7. The molecule has 0 aromatic heterocycles. The Morgan fingerprint density at radius 1 is 1.20 bits per heavy atom. The van der Waals surface area contributed by atoms with E-state index in [0.29, 0.717) is 25.2 Å². The van der Waals surface area contributed by atoms with Gasteiger partial charge in [-0.1, -0.05) is 51.2 Å². The van der Waals surface area contributed by atoms with Gasteiger partial charge in [0.2, 0.25) is 0 Å². The van der Waals surface area contributed by atoms with E-state index in [1.807, 2.05) is 12.1 Å². The minimum atomic E-state index is 0.521. The minimum Gasteiger partial charge on any atom is -0.492 e. The molecular weight excluding hydrogens is 376 g/mol. The molecule has 0 spiro atoms. The van der Waals surface area contributed by atoms with Crippen LogP contribution in [-0.2, 0) is 11.3 Å². The fourth-order valence-electron chi connectivity index (χ4n) is 3.70. The van der Waals surface area contributed by atoms with Crippen LogP contribution in [0.2, 0.25) is 0 Å². The number of nitrogens with zero attached hydrogens (tertiary/aromatic N) is 2. The number of ether oxygens (including phenoxy) is 2. The second-order valence-electron chi connectivity index (χ2n) is 8.22. The molecule has 170 valence electrons. The van der Waals surface area contributed by atoms with E-state index in [9.17, 15) is 0 Å². The highest BCUT2D eigenvalue weighted by Gasteiger charge is 2.17. The van der Waals surface area contributed by atoms with Gasteiger partial charge in [0.1, 0.15) is 12.4 Å². The molecule has 1 aliphatic heterocycles. The molecule has 1 saturated heterocycles. The van der Waals surface area contributed by atoms with Crippen LogP contribution < -0.4 is 15.8 Å². The Morgan fingerprint density at radius 3 is 2.77 bits per heavy atom. The Balaban J connectivity index is 1.63. The van der Waals surface area contributed by atoms with E-state index in [0.717, 1.165) is 56.9 Å². The van der Waals surface area contributed by atoms with E-state index in [-0.39, 0.29) is 0 Å². The highest BCUT2D eigenvalue weighted by molar-refractivity contribution is 5.77. The van der Waals surface area contributed by atoms with E-state index in [1.165, 1.54) is 32.1 Å². The predicted octanol–water partition coefficient (Wildman–Crippen LogP) is 3.94. The molecular formula is C24H42N4O2. The highest BCUT2D eigenvalue weighted by atomic mass is 16.5. The summed E-state index contributed by atoms with van der Waals surface area (Å²) in [6.45, 7) is 7.04. The lowest BCUT2D eigenvalue weighted by Gasteiger charge is -2.31. The lowest BCUT2D eigenvalue weighted by atomic mass is 10.1. The second-order valence-corrected chi connectivity index (χ2v) is 8.22. The normalized spacial score (nSPS) is 15.5. The number of hydrogen-bond donors (Lipinski definition) is 2. The van der Waals surface area contributed by atoms with Gasteiger partial charge in [0, 0.05) is 32.3 Å². The van der Waals surface area contributed by atoms with E-state index in [1.54, 1.807) is 0 Å². The van der Waals surface area contributed by atoms with Crippen LogP contribution in [0, 0.1) is 0 Å². The van der Waals surface area contributed by atoms with Crippen molar-refractivity contribution in [3.8, 4) is 5.75 Å². The molecule has 0 radical (unpaired) electrons. The number of unbranched alkanes of at least 4 members (excludes halogenated alkanes) is 5. The predicted molar refractivity (Wildman–Crippen MR) is 125 cm³/mol. The summed E-state index contributed by atoms with van der Waals surface area (Å²) in [6.07, 6.45) is 9.89. The summed E-state index contributed by atoms with van der Waals surface area (Å²) in [7, 11) is 2.17. The van der Waals surface area contributed by atoms with Gasteiger partial charge in [0.05, 0.1) is 6.54 Å². The third-order valence-corrected chi connectivity index (χ3v) is 5.69. The maximum Gasteiger partial charge on any atom is 0.188 e. The Labute approximate surface area is 183 Å². The van der Waals surface area contributed by atoms with Crippen LogP contribution in [0.3, 0.4) is 0 Å². The third-order valence-electron chi connectivity index (χ3n) is 5.69.